The van der Waals surface area contributed by atoms with E-state index in [4.69, 9.17) is 28.4 Å². The number of methoxy groups -OCH3 is 3. The van der Waals surface area contributed by atoms with Gasteiger partial charge in [0.15, 0.2) is 0 Å². The number of aromatic nitrogens is 1. The molecule has 4 rings (SSSR count). The molecule has 380 valence electrons. The van der Waals surface area contributed by atoms with Crippen molar-refractivity contribution in [3.8, 4) is 17.2 Å². The van der Waals surface area contributed by atoms with Crippen LogP contribution >= 0.6 is 0 Å². The first-order valence-electron chi connectivity index (χ1n) is 24.6. The molecule has 15 nitrogen and oxygen atoms in total. The van der Waals surface area contributed by atoms with E-state index < -0.39 is 54.4 Å². The second kappa shape index (κ2) is 31.4. The molecule has 70 heavy (non-hydrogen) atoms. The molecule has 2 unspecified atom stereocenters. The number of esters is 3. The molecule has 1 heterocycles. The van der Waals surface area contributed by atoms with Crippen LogP contribution in [0.15, 0.2) is 91.3 Å². The molecule has 3 amide bonds. The molecule has 3 N–H and O–H groups in total. The molecule has 3 aromatic carbocycles. The molecule has 0 aliphatic rings. The molecule has 0 aliphatic heterocycles. The van der Waals surface area contributed by atoms with Crippen molar-refractivity contribution in [2.45, 2.75) is 137 Å². The molecule has 0 spiro atoms. The summed E-state index contributed by atoms with van der Waals surface area (Å²) < 4.78 is 37.5. The number of hydrogen-bond acceptors (Lipinski definition) is 12. The standard InChI is InChI=1S/C42H47N4O11.3C4H9.Sn/c1-52-33-15-9-29(10-16-33)26-55-38(47)22-21-37(41(50)57-28-31-13-19-35(54-3)20-14-31)46-42(51)45-36(40(49)56-27-30-11-17-34(53-2)18-12-30)8-4-5-24-44-39(48)32-7-6-23-43-25-32;3*1-3-4-2;/h7,9-20,23,25,36-37H,4-5,8,21-22,24,26-28H2,1-3H3,(H,44,48)(H2,45,46,51);3*1,3-4H2,2H3;. The molecule has 16 heteroatoms. The Labute approximate surface area is 418 Å². The summed E-state index contributed by atoms with van der Waals surface area (Å²) in [6.45, 7) is 6.89. The Balaban J connectivity index is 1.43. The predicted molar refractivity (Wildman–Crippen MR) is 272 cm³/mol. The van der Waals surface area contributed by atoms with Gasteiger partial charge in [0.25, 0.3) is 0 Å². The number of benzene rings is 3. The maximum absolute atomic E-state index is 13.7. The number of carbonyl (C=O) groups is 5. The average Bonchev–Trinajstić information content (AvgIpc) is 3.39. The van der Waals surface area contributed by atoms with Crippen LogP contribution in [0.2, 0.25) is 13.3 Å². The molecule has 1 aromatic heterocycles. The van der Waals surface area contributed by atoms with Crippen LogP contribution in [0.5, 0.6) is 17.2 Å². The van der Waals surface area contributed by atoms with Crippen LogP contribution < -0.4 is 33.7 Å². The Bertz CT molecular complexity index is 2190. The fourth-order valence-corrected chi connectivity index (χ4v) is 23.8. The number of hydrogen-bond donors (Lipinski definition) is 3. The number of urea groups is 1. The van der Waals surface area contributed by atoms with Crippen LogP contribution in [0, 0.1) is 0 Å². The molecule has 0 bridgehead atoms. The summed E-state index contributed by atoms with van der Waals surface area (Å²) in [6, 6.07) is 19.9. The minimum absolute atomic E-state index is 0.00214. The quantitative estimate of drug-likeness (QED) is 0.0182. The number of rotatable bonds is 32. The van der Waals surface area contributed by atoms with Crippen LogP contribution in [0.3, 0.4) is 0 Å². The number of ether oxygens (including phenoxy) is 6. The fourth-order valence-electron chi connectivity index (χ4n) is 8.01. The van der Waals surface area contributed by atoms with Crippen molar-refractivity contribution in [1.82, 2.24) is 20.9 Å². The van der Waals surface area contributed by atoms with Crippen molar-refractivity contribution >= 4 is 51.8 Å². The number of unbranched alkanes of at least 4 members (excludes halogenated alkanes) is 4. The van der Waals surface area contributed by atoms with E-state index >= 15 is 0 Å². The second-order valence-corrected chi connectivity index (χ2v) is 30.7. The summed E-state index contributed by atoms with van der Waals surface area (Å²) in [5.74, 6) is -0.337. The van der Waals surface area contributed by atoms with Gasteiger partial charge in [-0.2, -0.15) is 0 Å². The van der Waals surface area contributed by atoms with Gasteiger partial charge in [0, 0.05) is 6.42 Å². The van der Waals surface area contributed by atoms with Crippen LogP contribution in [0.1, 0.15) is 118 Å². The van der Waals surface area contributed by atoms with Gasteiger partial charge in [-0.1, -0.05) is 36.4 Å². The average molecular weight is 1070 g/mol. The van der Waals surface area contributed by atoms with Crippen molar-refractivity contribution in [3.63, 3.8) is 0 Å². The van der Waals surface area contributed by atoms with E-state index in [1.807, 2.05) is 6.20 Å². The van der Waals surface area contributed by atoms with E-state index in [1.54, 1.807) is 100 Å². The molecule has 2 atom stereocenters. The number of pyridine rings is 1. The summed E-state index contributed by atoms with van der Waals surface area (Å²) in [5, 5.41) is 8.35. The molecule has 0 aliphatic carbocycles. The van der Waals surface area contributed by atoms with Crippen LogP contribution in [-0.2, 0) is 48.4 Å². The third-order valence-electron chi connectivity index (χ3n) is 12.3. The van der Waals surface area contributed by atoms with Crippen LogP contribution in [-0.4, -0.2) is 93.2 Å². The van der Waals surface area contributed by atoms with E-state index in [9.17, 15) is 24.0 Å². The number of nitrogens with one attached hydrogen (secondary N) is 3. The third-order valence-corrected chi connectivity index (χ3v) is 27.8. The van der Waals surface area contributed by atoms with Gasteiger partial charge < -0.3 is 29.0 Å². The van der Waals surface area contributed by atoms with E-state index in [1.165, 1.54) is 36.2 Å². The molecule has 0 saturated heterocycles. The van der Waals surface area contributed by atoms with Crippen LogP contribution in [0.25, 0.3) is 0 Å². The minimum atomic E-state index is -2.83. The molecule has 0 fully saturated rings. The summed E-state index contributed by atoms with van der Waals surface area (Å²) in [7, 11) is 4.66. The summed E-state index contributed by atoms with van der Waals surface area (Å²) in [5.41, 5.74) is 2.68. The third kappa shape index (κ3) is 19.5. The SMILES string of the molecule is CCC[CH2][Sn]([CH2]CCC)([CH2]CCC)[c]1cncc(C(=O)NCCCCC(NC(=O)NC(CCC(=O)OCc2ccc(OC)cc2)C(=O)OCc2ccc(OC)cc2)C(=O)OCc2ccc(OC)cc2)c1. The number of nitrogens with zero attached hydrogens (tertiary/aromatic N) is 1. The first kappa shape index (κ1) is 56.7. The maximum atomic E-state index is 13.7. The van der Waals surface area contributed by atoms with Crippen molar-refractivity contribution in [2.24, 2.45) is 0 Å². The van der Waals surface area contributed by atoms with Gasteiger partial charge in [0.1, 0.15) is 43.1 Å². The van der Waals surface area contributed by atoms with Gasteiger partial charge in [-0.25, -0.2) is 9.59 Å². The fraction of sp³-hybridized carbons (Fsp3) is 0.481. The van der Waals surface area contributed by atoms with Crippen molar-refractivity contribution in [2.75, 3.05) is 27.9 Å². The predicted octanol–water partition coefficient (Wildman–Crippen LogP) is 9.11. The van der Waals surface area contributed by atoms with Crippen molar-refractivity contribution in [1.29, 1.82) is 0 Å². The van der Waals surface area contributed by atoms with Gasteiger partial charge in [0.2, 0.25) is 0 Å². The zero-order valence-electron chi connectivity index (χ0n) is 42.0. The zero-order valence-corrected chi connectivity index (χ0v) is 44.8. The Hall–Kier alpha value is -5.84. The Kier molecular flexibility index (Phi) is 25.5. The zero-order chi connectivity index (χ0) is 50.6. The first-order chi connectivity index (χ1) is 34.0. The second-order valence-electron chi connectivity index (χ2n) is 17.5. The number of carbonyl (C=O) groups excluding carboxylic acids is 5. The molecular formula is C54H74N4O11Sn. The van der Waals surface area contributed by atoms with E-state index in [2.05, 4.69) is 47.8 Å². The molecule has 4 aromatic rings. The number of amides is 3. The first-order valence-corrected chi connectivity index (χ1v) is 32.1. The van der Waals surface area contributed by atoms with E-state index in [0.717, 1.165) is 24.8 Å². The van der Waals surface area contributed by atoms with Gasteiger partial charge in [-0.3, -0.25) is 4.79 Å². The van der Waals surface area contributed by atoms with Crippen molar-refractivity contribution < 1.29 is 52.4 Å². The Morgan fingerprint density at radius 1 is 0.557 bits per heavy atom. The Morgan fingerprint density at radius 3 is 1.44 bits per heavy atom. The van der Waals surface area contributed by atoms with Crippen molar-refractivity contribution in [3.05, 3.63) is 114 Å². The monoisotopic (exact) mass is 1070 g/mol. The molecular weight excluding hydrogens is 999 g/mol. The molecule has 0 saturated carbocycles. The van der Waals surface area contributed by atoms with Gasteiger partial charge in [-0.15, -0.1) is 0 Å². The summed E-state index contributed by atoms with van der Waals surface area (Å²) >= 11 is -2.83. The van der Waals surface area contributed by atoms with E-state index in [0.29, 0.717) is 53.3 Å². The topological polar surface area (TPSA) is 190 Å². The Morgan fingerprint density at radius 2 is 1.00 bits per heavy atom. The normalized spacial score (nSPS) is 11.9. The van der Waals surface area contributed by atoms with E-state index in [-0.39, 0.29) is 45.0 Å². The van der Waals surface area contributed by atoms with Crippen LogP contribution in [0.4, 0.5) is 4.79 Å². The molecule has 0 radical (unpaired) electrons. The van der Waals surface area contributed by atoms with Gasteiger partial charge in [0.05, 0.1) is 21.3 Å². The summed E-state index contributed by atoms with van der Waals surface area (Å²) in [4.78, 5) is 72.0. The van der Waals surface area contributed by atoms with Gasteiger partial charge >= 0.3 is 210 Å². The van der Waals surface area contributed by atoms with Gasteiger partial charge in [-0.05, 0) is 59.5 Å². The summed E-state index contributed by atoms with van der Waals surface area (Å²) in [6.07, 6.45) is 11.4.